The highest BCUT2D eigenvalue weighted by atomic mass is 32.2. The van der Waals surface area contributed by atoms with Crippen molar-refractivity contribution in [3.05, 3.63) is 30.0 Å². The molecule has 1 aliphatic rings. The summed E-state index contributed by atoms with van der Waals surface area (Å²) in [6.45, 7) is 0. The fourth-order valence-electron chi connectivity index (χ4n) is 2.34. The highest BCUT2D eigenvalue weighted by molar-refractivity contribution is 7.97. The van der Waals surface area contributed by atoms with Crippen molar-refractivity contribution in [1.29, 1.82) is 0 Å². The zero-order valence-electron chi connectivity index (χ0n) is 9.40. The molecule has 0 saturated carbocycles. The third kappa shape index (κ3) is 1.82. The van der Waals surface area contributed by atoms with Gasteiger partial charge in [0.05, 0.1) is 22.7 Å². The monoisotopic (exact) mass is 248 g/mol. The van der Waals surface area contributed by atoms with E-state index in [1.54, 1.807) is 12.1 Å². The average molecular weight is 248 g/mol. The fraction of sp³-hybridized carbons (Fsp3) is 0.308. The third-order valence-corrected chi connectivity index (χ3v) is 5.76. The Labute approximate surface area is 102 Å². The second-order valence-corrected chi connectivity index (χ2v) is 6.57. The van der Waals surface area contributed by atoms with Crippen molar-refractivity contribution in [2.45, 2.75) is 17.7 Å². The molecular weight excluding hydrogens is 234 g/mol. The number of aromatic amines is 1. The first-order valence-electron chi connectivity index (χ1n) is 5.77. The van der Waals surface area contributed by atoms with Gasteiger partial charge in [0.15, 0.2) is 4.90 Å². The molecule has 0 bridgehead atoms. The maximum atomic E-state index is 11.0. The van der Waals surface area contributed by atoms with Gasteiger partial charge in [-0.2, -0.15) is 0 Å². The van der Waals surface area contributed by atoms with Crippen LogP contribution in [-0.2, 0) is 10.9 Å². The van der Waals surface area contributed by atoms with Crippen LogP contribution in [0.25, 0.3) is 10.9 Å². The number of carboxylic acids is 1. The molecule has 0 atom stereocenters. The molecular formula is C13H14NO2S+. The molecule has 0 unspecified atom stereocenters. The maximum absolute atomic E-state index is 11.0. The number of benzene rings is 1. The van der Waals surface area contributed by atoms with E-state index < -0.39 is 5.97 Å². The Bertz CT molecular complexity index is 570. The maximum Gasteiger partial charge on any atom is 0.335 e. The van der Waals surface area contributed by atoms with Crippen LogP contribution in [0.1, 0.15) is 23.2 Å². The summed E-state index contributed by atoms with van der Waals surface area (Å²) in [6, 6.07) is 5.32. The number of aromatic carboxylic acids is 1. The summed E-state index contributed by atoms with van der Waals surface area (Å²) in [5, 5.41) is 10.1. The number of hydrogen-bond acceptors (Lipinski definition) is 1. The number of hydrogen-bond donors (Lipinski definition) is 2. The molecule has 0 spiro atoms. The molecule has 1 aliphatic heterocycles. The van der Waals surface area contributed by atoms with E-state index in [-0.39, 0.29) is 0 Å². The van der Waals surface area contributed by atoms with Gasteiger partial charge in [0.25, 0.3) is 0 Å². The predicted molar refractivity (Wildman–Crippen MR) is 69.9 cm³/mol. The first-order valence-corrected chi connectivity index (χ1v) is 7.34. The van der Waals surface area contributed by atoms with Crippen molar-refractivity contribution in [1.82, 2.24) is 4.98 Å². The van der Waals surface area contributed by atoms with Crippen molar-refractivity contribution < 1.29 is 9.90 Å². The molecule has 1 aromatic heterocycles. The minimum atomic E-state index is -0.853. The van der Waals surface area contributed by atoms with Crippen LogP contribution < -0.4 is 0 Å². The van der Waals surface area contributed by atoms with Gasteiger partial charge in [-0.25, -0.2) is 4.79 Å². The summed E-state index contributed by atoms with van der Waals surface area (Å²) in [7, 11) is 0.320. The number of rotatable bonds is 2. The van der Waals surface area contributed by atoms with Crippen molar-refractivity contribution in [2.75, 3.05) is 11.5 Å². The van der Waals surface area contributed by atoms with Gasteiger partial charge in [-0.05, 0) is 31.0 Å². The van der Waals surface area contributed by atoms with E-state index in [0.717, 1.165) is 10.9 Å². The Morgan fingerprint density at radius 2 is 2.06 bits per heavy atom. The first kappa shape index (κ1) is 10.7. The van der Waals surface area contributed by atoms with Crippen molar-refractivity contribution in [3.8, 4) is 0 Å². The number of nitrogens with one attached hydrogen (secondary N) is 1. The van der Waals surface area contributed by atoms with Gasteiger partial charge in [-0.15, -0.1) is 0 Å². The number of H-pyrrole nitrogens is 1. The van der Waals surface area contributed by atoms with Crippen LogP contribution in [-0.4, -0.2) is 27.6 Å². The van der Waals surface area contributed by atoms with Crippen LogP contribution in [0.3, 0.4) is 0 Å². The lowest BCUT2D eigenvalue weighted by molar-refractivity contribution is 0.0697. The second-order valence-electron chi connectivity index (χ2n) is 4.33. The van der Waals surface area contributed by atoms with Gasteiger partial charge >= 0.3 is 5.97 Å². The van der Waals surface area contributed by atoms with Gasteiger partial charge in [-0.3, -0.25) is 0 Å². The van der Waals surface area contributed by atoms with E-state index in [2.05, 4.69) is 11.2 Å². The van der Waals surface area contributed by atoms with Gasteiger partial charge in [0.1, 0.15) is 11.5 Å². The van der Waals surface area contributed by atoms with Crippen molar-refractivity contribution in [2.24, 2.45) is 0 Å². The Morgan fingerprint density at radius 1 is 1.29 bits per heavy atom. The minimum Gasteiger partial charge on any atom is -0.478 e. The third-order valence-electron chi connectivity index (χ3n) is 3.23. The molecule has 0 aliphatic carbocycles. The van der Waals surface area contributed by atoms with E-state index in [1.807, 2.05) is 6.07 Å². The molecule has 1 saturated heterocycles. The molecule has 2 heterocycles. The van der Waals surface area contributed by atoms with E-state index in [9.17, 15) is 4.79 Å². The number of carboxylic acid groups (broad SMARTS) is 1. The number of carbonyl (C=O) groups is 1. The molecule has 88 valence electrons. The fourth-order valence-corrected chi connectivity index (χ4v) is 4.80. The summed E-state index contributed by atoms with van der Waals surface area (Å²) >= 11 is 0. The summed E-state index contributed by atoms with van der Waals surface area (Å²) in [6.07, 6.45) is 4.66. The largest absolute Gasteiger partial charge is 0.478 e. The average Bonchev–Trinajstić information content (AvgIpc) is 2.96. The van der Waals surface area contributed by atoms with Gasteiger partial charge in [-0.1, -0.05) is 0 Å². The standard InChI is InChI=1S/C13H13NO2S/c15-13(16)9-3-4-11-10(7-9)12(8-14-11)17-5-1-2-6-17/h3-4,7-8,14H,1-2,5-6H2/p+1. The molecule has 3 rings (SSSR count). The Morgan fingerprint density at radius 3 is 2.76 bits per heavy atom. The van der Waals surface area contributed by atoms with Crippen LogP contribution >= 0.6 is 0 Å². The van der Waals surface area contributed by atoms with Gasteiger partial charge in [0, 0.05) is 10.9 Å². The van der Waals surface area contributed by atoms with Crippen LogP contribution in [0.15, 0.2) is 29.3 Å². The number of fused-ring (bicyclic) bond motifs is 1. The highest BCUT2D eigenvalue weighted by Gasteiger charge is 2.29. The topological polar surface area (TPSA) is 53.1 Å². The van der Waals surface area contributed by atoms with Crippen molar-refractivity contribution >= 4 is 27.8 Å². The summed E-state index contributed by atoms with van der Waals surface area (Å²) < 4.78 is 0. The second kappa shape index (κ2) is 4.11. The number of aromatic nitrogens is 1. The molecule has 0 radical (unpaired) electrons. The molecule has 4 heteroatoms. The summed E-state index contributed by atoms with van der Waals surface area (Å²) in [4.78, 5) is 15.6. The van der Waals surface area contributed by atoms with E-state index >= 15 is 0 Å². The summed E-state index contributed by atoms with van der Waals surface area (Å²) in [5.74, 6) is 1.66. The Kier molecular flexibility index (Phi) is 2.59. The molecule has 3 nitrogen and oxygen atoms in total. The predicted octanol–water partition coefficient (Wildman–Crippen LogP) is 2.64. The van der Waals surface area contributed by atoms with Gasteiger partial charge in [0.2, 0.25) is 0 Å². The van der Waals surface area contributed by atoms with Crippen LogP contribution in [0.4, 0.5) is 0 Å². The Balaban J connectivity index is 2.11. The lowest BCUT2D eigenvalue weighted by Crippen LogP contribution is -2.03. The smallest absolute Gasteiger partial charge is 0.335 e. The molecule has 1 aromatic carbocycles. The molecule has 0 amide bonds. The van der Waals surface area contributed by atoms with Crippen LogP contribution in [0.2, 0.25) is 0 Å². The van der Waals surface area contributed by atoms with Crippen LogP contribution in [0.5, 0.6) is 0 Å². The molecule has 1 fully saturated rings. The zero-order valence-corrected chi connectivity index (χ0v) is 10.2. The van der Waals surface area contributed by atoms with Crippen LogP contribution in [0, 0.1) is 0 Å². The zero-order chi connectivity index (χ0) is 11.8. The van der Waals surface area contributed by atoms with E-state index in [0.29, 0.717) is 16.5 Å². The van der Waals surface area contributed by atoms with Gasteiger partial charge < -0.3 is 10.1 Å². The SMILES string of the molecule is O=C(O)c1ccc2[nH]cc([S+]3CCCC3)c2c1. The molecule has 2 aromatic rings. The minimum absolute atomic E-state index is 0.320. The quantitative estimate of drug-likeness (QED) is 0.803. The summed E-state index contributed by atoms with van der Waals surface area (Å²) in [5.41, 5.74) is 1.42. The normalized spacial score (nSPS) is 16.7. The van der Waals surface area contributed by atoms with E-state index in [1.165, 1.54) is 29.2 Å². The molecule has 17 heavy (non-hydrogen) atoms. The van der Waals surface area contributed by atoms with Crippen molar-refractivity contribution in [3.63, 3.8) is 0 Å². The lowest BCUT2D eigenvalue weighted by Gasteiger charge is -1.99. The first-order chi connectivity index (χ1) is 8.25. The Hall–Kier alpha value is -1.42. The lowest BCUT2D eigenvalue weighted by atomic mass is 10.1. The molecule has 2 N–H and O–H groups in total. The van der Waals surface area contributed by atoms with E-state index in [4.69, 9.17) is 5.11 Å². The highest BCUT2D eigenvalue weighted by Crippen LogP contribution is 2.30.